The maximum Gasteiger partial charge on any atom is 0.307 e. The maximum absolute atomic E-state index is 11.8. The van der Waals surface area contributed by atoms with Crippen LogP contribution in [0.5, 0.6) is 0 Å². The Balaban J connectivity index is 1.67. The quantitative estimate of drug-likeness (QED) is 0.551. The molecule has 0 saturated carbocycles. The molecule has 2 aromatic heterocycles. The van der Waals surface area contributed by atoms with E-state index in [4.69, 9.17) is 12.2 Å². The first-order valence-electron chi connectivity index (χ1n) is 6.56. The van der Waals surface area contributed by atoms with Gasteiger partial charge < -0.3 is 5.32 Å². The van der Waals surface area contributed by atoms with Gasteiger partial charge in [-0.1, -0.05) is 17.4 Å². The normalized spacial score (nSPS) is 10.2. The van der Waals surface area contributed by atoms with Crippen LogP contribution in [0, 0.1) is 6.92 Å². The zero-order valence-corrected chi connectivity index (χ0v) is 14.4. The van der Waals surface area contributed by atoms with E-state index < -0.39 is 0 Å². The smallest absolute Gasteiger partial charge is 0.307 e. The monoisotopic (exact) mass is 356 g/mol. The number of hydrogen-bond donors (Lipinski definition) is 3. The first kappa shape index (κ1) is 16.7. The van der Waals surface area contributed by atoms with Crippen molar-refractivity contribution >= 4 is 45.9 Å². The molecule has 0 saturated heterocycles. The van der Waals surface area contributed by atoms with Gasteiger partial charge in [-0.2, -0.15) is 0 Å². The largest absolute Gasteiger partial charge is 0.361 e. The Bertz CT molecular complexity index is 690. The van der Waals surface area contributed by atoms with Gasteiger partial charge in [-0.25, -0.2) is 0 Å². The molecule has 0 radical (unpaired) electrons. The summed E-state index contributed by atoms with van der Waals surface area (Å²) in [6.45, 7) is 2.44. The number of nitrogens with one attached hydrogen (secondary N) is 3. The molecule has 118 valence electrons. The molecule has 1 amide bonds. The van der Waals surface area contributed by atoms with Crippen LogP contribution in [0.4, 0.5) is 0 Å². The van der Waals surface area contributed by atoms with Crippen LogP contribution < -0.4 is 21.0 Å². The minimum absolute atomic E-state index is 0.0288. The molecule has 0 spiro atoms. The fourth-order valence-electron chi connectivity index (χ4n) is 1.70. The van der Waals surface area contributed by atoms with Crippen molar-refractivity contribution in [3.63, 3.8) is 0 Å². The van der Waals surface area contributed by atoms with Gasteiger partial charge in [0.25, 0.3) is 5.91 Å². The van der Waals surface area contributed by atoms with Crippen molar-refractivity contribution in [2.75, 3.05) is 6.54 Å². The number of carbonyl (C=O) groups is 1. The molecule has 0 aliphatic heterocycles. The van der Waals surface area contributed by atoms with Crippen LogP contribution in [0.1, 0.15) is 10.6 Å². The molecule has 22 heavy (non-hydrogen) atoms. The molecule has 0 unspecified atom stereocenters. The molecule has 2 heterocycles. The lowest BCUT2D eigenvalue weighted by molar-refractivity contribution is -0.122. The van der Waals surface area contributed by atoms with Crippen LogP contribution in [0.3, 0.4) is 0 Å². The van der Waals surface area contributed by atoms with Crippen molar-refractivity contribution in [3.8, 4) is 0 Å². The molecule has 0 fully saturated rings. The highest BCUT2D eigenvalue weighted by molar-refractivity contribution is 7.80. The van der Waals surface area contributed by atoms with Crippen molar-refractivity contribution in [1.29, 1.82) is 0 Å². The van der Waals surface area contributed by atoms with E-state index in [0.29, 0.717) is 11.7 Å². The number of nitrogens with zero attached hydrogens (tertiary/aromatic N) is 1. The SMILES string of the molecule is Cc1csc(=O)n1CC(=O)NNC(=S)NCCc1cccs1. The number of carbonyl (C=O) groups excluding carboxylic acids is 1. The zero-order chi connectivity index (χ0) is 15.9. The van der Waals surface area contributed by atoms with Gasteiger partial charge in [-0.05, 0) is 37.0 Å². The lowest BCUT2D eigenvalue weighted by Crippen LogP contribution is -2.48. The molecule has 3 N–H and O–H groups in total. The van der Waals surface area contributed by atoms with E-state index in [2.05, 4.69) is 22.2 Å². The number of hydrazine groups is 1. The molecule has 0 bridgehead atoms. The summed E-state index contributed by atoms with van der Waals surface area (Å²) in [5.41, 5.74) is 5.87. The van der Waals surface area contributed by atoms with Gasteiger partial charge in [-0.3, -0.25) is 25.0 Å². The summed E-state index contributed by atoms with van der Waals surface area (Å²) in [5, 5.41) is 7.10. The van der Waals surface area contributed by atoms with Crippen LogP contribution in [0.15, 0.2) is 27.7 Å². The fourth-order valence-corrected chi connectivity index (χ4v) is 3.30. The minimum Gasteiger partial charge on any atom is -0.361 e. The van der Waals surface area contributed by atoms with Crippen molar-refractivity contribution < 1.29 is 4.79 Å². The molecule has 0 aliphatic carbocycles. The Morgan fingerprint density at radius 2 is 2.18 bits per heavy atom. The lowest BCUT2D eigenvalue weighted by atomic mass is 10.3. The van der Waals surface area contributed by atoms with Gasteiger partial charge in [0.15, 0.2) is 5.11 Å². The predicted molar refractivity (Wildman–Crippen MR) is 93.2 cm³/mol. The van der Waals surface area contributed by atoms with E-state index in [-0.39, 0.29) is 17.3 Å². The number of hydrogen-bond acceptors (Lipinski definition) is 5. The standard InChI is InChI=1S/C13H16N4O2S3/c1-9-8-22-13(19)17(9)7-11(18)15-16-12(20)14-5-4-10-3-2-6-21-10/h2-3,6,8H,4-5,7H2,1H3,(H,15,18)(H2,14,16,20). The Labute approximate surface area is 141 Å². The Kier molecular flexibility index (Phi) is 6.10. The van der Waals surface area contributed by atoms with Crippen LogP contribution in [-0.4, -0.2) is 22.1 Å². The van der Waals surface area contributed by atoms with Crippen molar-refractivity contribution in [2.45, 2.75) is 19.9 Å². The average molecular weight is 356 g/mol. The zero-order valence-electron chi connectivity index (χ0n) is 11.9. The molecular formula is C13H16N4O2S3. The van der Waals surface area contributed by atoms with E-state index in [0.717, 1.165) is 23.5 Å². The van der Waals surface area contributed by atoms with Gasteiger partial charge in [0.05, 0.1) is 0 Å². The summed E-state index contributed by atoms with van der Waals surface area (Å²) in [7, 11) is 0. The summed E-state index contributed by atoms with van der Waals surface area (Å²) in [6.07, 6.45) is 0.872. The van der Waals surface area contributed by atoms with Gasteiger partial charge in [0.2, 0.25) is 0 Å². The third-order valence-electron chi connectivity index (χ3n) is 2.83. The summed E-state index contributed by atoms with van der Waals surface area (Å²) in [5.74, 6) is -0.328. The molecule has 6 nitrogen and oxygen atoms in total. The van der Waals surface area contributed by atoms with E-state index in [1.807, 2.05) is 11.4 Å². The third kappa shape index (κ3) is 4.93. The molecule has 0 aromatic carbocycles. The van der Waals surface area contributed by atoms with Gasteiger partial charge in [-0.15, -0.1) is 11.3 Å². The molecule has 9 heteroatoms. The van der Waals surface area contributed by atoms with Crippen LogP contribution in [0.25, 0.3) is 0 Å². The Hall–Kier alpha value is -1.71. The first-order chi connectivity index (χ1) is 10.6. The third-order valence-corrected chi connectivity index (χ3v) is 4.89. The molecular weight excluding hydrogens is 340 g/mol. The molecule has 2 rings (SSSR count). The topological polar surface area (TPSA) is 75.2 Å². The maximum atomic E-state index is 11.8. The van der Waals surface area contributed by atoms with Crippen molar-refractivity contribution in [1.82, 2.24) is 20.7 Å². The highest BCUT2D eigenvalue weighted by Gasteiger charge is 2.08. The fraction of sp³-hybridized carbons (Fsp3) is 0.308. The number of rotatable bonds is 5. The van der Waals surface area contributed by atoms with Crippen LogP contribution in [0.2, 0.25) is 0 Å². The van der Waals surface area contributed by atoms with Crippen LogP contribution in [-0.2, 0) is 17.8 Å². The van der Waals surface area contributed by atoms with E-state index in [9.17, 15) is 9.59 Å². The average Bonchev–Trinajstić information content (AvgIpc) is 3.10. The van der Waals surface area contributed by atoms with E-state index >= 15 is 0 Å². The van der Waals surface area contributed by atoms with Gasteiger partial charge in [0, 0.05) is 22.5 Å². The van der Waals surface area contributed by atoms with E-state index in [1.54, 1.807) is 23.6 Å². The number of thiazole rings is 1. The lowest BCUT2D eigenvalue weighted by Gasteiger charge is -2.11. The van der Waals surface area contributed by atoms with Gasteiger partial charge in [0.1, 0.15) is 6.54 Å². The van der Waals surface area contributed by atoms with Crippen molar-refractivity contribution in [3.05, 3.63) is 43.1 Å². The number of aromatic nitrogens is 1. The summed E-state index contributed by atoms with van der Waals surface area (Å²) in [6, 6.07) is 4.07. The minimum atomic E-state index is -0.328. The Morgan fingerprint density at radius 3 is 2.82 bits per heavy atom. The summed E-state index contributed by atoms with van der Waals surface area (Å²) < 4.78 is 1.41. The van der Waals surface area contributed by atoms with E-state index in [1.165, 1.54) is 9.44 Å². The van der Waals surface area contributed by atoms with Crippen molar-refractivity contribution in [2.24, 2.45) is 0 Å². The molecule has 0 atom stereocenters. The first-order valence-corrected chi connectivity index (χ1v) is 8.73. The highest BCUT2D eigenvalue weighted by Crippen LogP contribution is 2.07. The number of amides is 1. The predicted octanol–water partition coefficient (Wildman–Crippen LogP) is 1.02. The summed E-state index contributed by atoms with van der Waals surface area (Å²) in [4.78, 5) is 24.4. The molecule has 0 aliphatic rings. The second kappa shape index (κ2) is 8.06. The number of aryl methyl sites for hydroxylation is 1. The second-order valence-corrected chi connectivity index (χ2v) is 6.75. The number of thiocarbonyl (C=S) groups is 1. The highest BCUT2D eigenvalue weighted by atomic mass is 32.1. The Morgan fingerprint density at radius 1 is 1.36 bits per heavy atom. The number of thiophene rings is 1. The summed E-state index contributed by atoms with van der Waals surface area (Å²) >= 11 is 7.84. The molecule has 2 aromatic rings. The van der Waals surface area contributed by atoms with Gasteiger partial charge >= 0.3 is 4.87 Å². The second-order valence-electron chi connectivity index (χ2n) is 4.49. The van der Waals surface area contributed by atoms with Crippen LogP contribution >= 0.6 is 34.9 Å².